The topological polar surface area (TPSA) is 43.1 Å². The van der Waals surface area contributed by atoms with Crippen molar-refractivity contribution in [2.24, 2.45) is 7.05 Å². The van der Waals surface area contributed by atoms with Crippen molar-refractivity contribution in [1.29, 1.82) is 0 Å². The van der Waals surface area contributed by atoms with E-state index < -0.39 is 0 Å². The number of rotatable bonds is 4. The summed E-state index contributed by atoms with van der Waals surface area (Å²) in [5.74, 6) is 0.907. The molecule has 4 rings (SSSR count). The monoisotopic (exact) mass is 392 g/mol. The van der Waals surface area contributed by atoms with E-state index in [1.165, 1.54) is 22.7 Å². The van der Waals surface area contributed by atoms with Gasteiger partial charge in [-0.15, -0.1) is 0 Å². The fourth-order valence-electron chi connectivity index (χ4n) is 3.87. The Bertz CT molecular complexity index is 1200. The van der Waals surface area contributed by atoms with E-state index in [-0.39, 0.29) is 5.12 Å². The Kier molecular flexibility index (Phi) is 4.67. The molecule has 2 aromatic heterocycles. The van der Waals surface area contributed by atoms with Crippen LogP contribution in [0.4, 0.5) is 5.69 Å². The van der Waals surface area contributed by atoms with Crippen molar-refractivity contribution in [2.45, 2.75) is 13.5 Å². The first-order valence-corrected chi connectivity index (χ1v) is 10.5. The number of hydrogen-bond acceptors (Lipinski definition) is 4. The molecular formula is C22H24N4OS. The molecule has 6 heteroatoms. The summed E-state index contributed by atoms with van der Waals surface area (Å²) in [6.45, 7) is 3.02. The van der Waals surface area contributed by atoms with Crippen LogP contribution in [-0.4, -0.2) is 39.6 Å². The molecule has 0 saturated heterocycles. The number of carbonyl (C=O) groups is 1. The number of anilines is 1. The third kappa shape index (κ3) is 2.79. The Morgan fingerprint density at radius 3 is 2.61 bits per heavy atom. The van der Waals surface area contributed by atoms with Gasteiger partial charge in [-0.1, -0.05) is 30.0 Å². The molecule has 2 aromatic carbocycles. The minimum absolute atomic E-state index is 0.0554. The summed E-state index contributed by atoms with van der Waals surface area (Å²) in [4.78, 5) is 19.3. The first-order chi connectivity index (χ1) is 13.5. The molecule has 0 unspecified atom stereocenters. The Balaban J connectivity index is 2.03. The van der Waals surface area contributed by atoms with Crippen LogP contribution in [0.1, 0.15) is 17.3 Å². The number of para-hydroxylation sites is 1. The zero-order chi connectivity index (χ0) is 20.0. The maximum atomic E-state index is 12.3. The van der Waals surface area contributed by atoms with Crippen molar-refractivity contribution in [1.82, 2.24) is 14.1 Å². The maximum Gasteiger partial charge on any atom is 0.219 e. The van der Waals surface area contributed by atoms with Gasteiger partial charge in [-0.25, -0.2) is 4.98 Å². The lowest BCUT2D eigenvalue weighted by atomic mass is 10.1. The Hall–Kier alpha value is -2.73. The van der Waals surface area contributed by atoms with Crippen molar-refractivity contribution >= 4 is 44.5 Å². The fourth-order valence-corrected chi connectivity index (χ4v) is 4.22. The second-order valence-electron chi connectivity index (χ2n) is 7.08. The molecule has 4 aromatic rings. The Morgan fingerprint density at radius 2 is 1.93 bits per heavy atom. The van der Waals surface area contributed by atoms with Gasteiger partial charge in [0.25, 0.3) is 0 Å². The van der Waals surface area contributed by atoms with Crippen molar-refractivity contribution in [3.63, 3.8) is 0 Å². The second kappa shape index (κ2) is 7.02. The SMILES string of the molecule is CCn1c(-c2nc3cc(C(=O)SC)cc(N(C)C)c3n2C)cc2ccccc21. The number of aryl methyl sites for hydroxylation is 2. The molecule has 0 aliphatic rings. The molecule has 0 atom stereocenters. The number of thioether (sulfide) groups is 1. The minimum Gasteiger partial charge on any atom is -0.376 e. The smallest absolute Gasteiger partial charge is 0.219 e. The van der Waals surface area contributed by atoms with Crippen LogP contribution in [0.15, 0.2) is 42.5 Å². The van der Waals surface area contributed by atoms with Gasteiger partial charge in [0.2, 0.25) is 5.12 Å². The van der Waals surface area contributed by atoms with Gasteiger partial charge in [-0.3, -0.25) is 4.79 Å². The number of nitrogens with zero attached hydrogens (tertiary/aromatic N) is 4. The average molecular weight is 393 g/mol. The van der Waals surface area contributed by atoms with E-state index in [1.807, 2.05) is 44.4 Å². The summed E-state index contributed by atoms with van der Waals surface area (Å²) in [7, 11) is 6.04. The number of benzene rings is 2. The highest BCUT2D eigenvalue weighted by Crippen LogP contribution is 2.34. The highest BCUT2D eigenvalue weighted by Gasteiger charge is 2.20. The van der Waals surface area contributed by atoms with E-state index in [4.69, 9.17) is 4.98 Å². The van der Waals surface area contributed by atoms with Crippen LogP contribution in [0.25, 0.3) is 33.5 Å². The second-order valence-corrected chi connectivity index (χ2v) is 7.86. The van der Waals surface area contributed by atoms with Crippen molar-refractivity contribution in [3.8, 4) is 11.5 Å². The quantitative estimate of drug-likeness (QED) is 0.501. The predicted molar refractivity (Wildman–Crippen MR) is 119 cm³/mol. The molecule has 0 N–H and O–H groups in total. The first-order valence-electron chi connectivity index (χ1n) is 9.31. The van der Waals surface area contributed by atoms with Crippen LogP contribution >= 0.6 is 11.8 Å². The van der Waals surface area contributed by atoms with E-state index in [9.17, 15) is 4.79 Å². The van der Waals surface area contributed by atoms with Crippen LogP contribution < -0.4 is 4.90 Å². The zero-order valence-electron chi connectivity index (χ0n) is 16.9. The lowest BCUT2D eigenvalue weighted by Crippen LogP contribution is -2.11. The van der Waals surface area contributed by atoms with E-state index in [1.54, 1.807) is 0 Å². The van der Waals surface area contributed by atoms with Gasteiger partial charge in [-0.2, -0.15) is 0 Å². The minimum atomic E-state index is 0.0554. The lowest BCUT2D eigenvalue weighted by Gasteiger charge is -2.16. The summed E-state index contributed by atoms with van der Waals surface area (Å²) in [5, 5.41) is 1.26. The molecule has 5 nitrogen and oxygen atoms in total. The molecule has 0 fully saturated rings. The van der Waals surface area contributed by atoms with Gasteiger partial charge in [0, 0.05) is 44.2 Å². The average Bonchev–Trinajstić information content (AvgIpc) is 3.23. The molecule has 0 saturated carbocycles. The molecule has 2 heterocycles. The molecule has 0 aliphatic heterocycles. The van der Waals surface area contributed by atoms with Crippen LogP contribution in [0.5, 0.6) is 0 Å². The lowest BCUT2D eigenvalue weighted by molar-refractivity contribution is 0.108. The van der Waals surface area contributed by atoms with Gasteiger partial charge in [0.1, 0.15) is 0 Å². The number of carbonyl (C=O) groups excluding carboxylic acids is 1. The number of hydrogen-bond donors (Lipinski definition) is 0. The van der Waals surface area contributed by atoms with E-state index in [0.29, 0.717) is 5.56 Å². The summed E-state index contributed by atoms with van der Waals surface area (Å²) in [6, 6.07) is 14.5. The van der Waals surface area contributed by atoms with Crippen molar-refractivity contribution < 1.29 is 4.79 Å². The molecular weight excluding hydrogens is 368 g/mol. The van der Waals surface area contributed by atoms with Gasteiger partial charge in [0.15, 0.2) is 5.82 Å². The summed E-state index contributed by atoms with van der Waals surface area (Å²) in [6.07, 6.45) is 1.81. The maximum absolute atomic E-state index is 12.3. The van der Waals surface area contributed by atoms with E-state index in [2.05, 4.69) is 46.4 Å². The van der Waals surface area contributed by atoms with Gasteiger partial charge in [-0.05, 0) is 37.4 Å². The zero-order valence-corrected chi connectivity index (χ0v) is 17.7. The fraction of sp³-hybridized carbons (Fsp3) is 0.273. The van der Waals surface area contributed by atoms with Crippen LogP contribution in [-0.2, 0) is 13.6 Å². The number of aromatic nitrogens is 3. The first kappa shape index (κ1) is 18.6. The Morgan fingerprint density at radius 1 is 1.18 bits per heavy atom. The third-order valence-electron chi connectivity index (χ3n) is 5.21. The van der Waals surface area contributed by atoms with Crippen LogP contribution in [0.3, 0.4) is 0 Å². The van der Waals surface area contributed by atoms with Crippen molar-refractivity contribution in [3.05, 3.63) is 48.0 Å². The predicted octanol–water partition coefficient (Wildman–Crippen LogP) is 4.78. The van der Waals surface area contributed by atoms with Gasteiger partial charge < -0.3 is 14.0 Å². The van der Waals surface area contributed by atoms with Crippen molar-refractivity contribution in [2.75, 3.05) is 25.3 Å². The molecule has 0 aliphatic carbocycles. The molecule has 144 valence electrons. The summed E-state index contributed by atoms with van der Waals surface area (Å²) in [5.41, 5.74) is 5.85. The van der Waals surface area contributed by atoms with E-state index in [0.717, 1.165) is 34.8 Å². The molecule has 0 radical (unpaired) electrons. The van der Waals surface area contributed by atoms with Crippen LogP contribution in [0.2, 0.25) is 0 Å². The van der Waals surface area contributed by atoms with Crippen LogP contribution in [0, 0.1) is 0 Å². The molecule has 0 amide bonds. The number of fused-ring (bicyclic) bond motifs is 2. The van der Waals surface area contributed by atoms with Gasteiger partial charge >= 0.3 is 0 Å². The van der Waals surface area contributed by atoms with E-state index >= 15 is 0 Å². The Labute approximate surface area is 169 Å². The standard InChI is InChI=1S/C22H24N4OS/c1-6-26-17-10-8-7-9-14(17)12-19(26)21-23-16-11-15(22(27)28-5)13-18(24(2)3)20(16)25(21)4/h7-13H,6H2,1-5H3. The molecule has 0 bridgehead atoms. The third-order valence-corrected chi connectivity index (χ3v) is 5.81. The van der Waals surface area contributed by atoms with Gasteiger partial charge in [0.05, 0.1) is 22.4 Å². The molecule has 28 heavy (non-hydrogen) atoms. The number of imidazole rings is 1. The largest absolute Gasteiger partial charge is 0.376 e. The normalized spacial score (nSPS) is 11.5. The summed E-state index contributed by atoms with van der Waals surface area (Å²) >= 11 is 1.23. The molecule has 0 spiro atoms. The highest BCUT2D eigenvalue weighted by atomic mass is 32.2. The summed E-state index contributed by atoms with van der Waals surface area (Å²) < 4.78 is 4.43. The highest BCUT2D eigenvalue weighted by molar-refractivity contribution is 8.13.